The fraction of sp³-hybridized carbons (Fsp3) is 0.385. The lowest BCUT2D eigenvalue weighted by Gasteiger charge is -2.37. The van der Waals surface area contributed by atoms with E-state index in [2.05, 4.69) is 5.32 Å². The van der Waals surface area contributed by atoms with Crippen molar-refractivity contribution in [3.8, 4) is 0 Å². The number of halogens is 1. The molecule has 1 aliphatic rings. The molecule has 5 heteroatoms. The van der Waals surface area contributed by atoms with Crippen molar-refractivity contribution in [3.63, 3.8) is 0 Å². The summed E-state index contributed by atoms with van der Waals surface area (Å²) in [4.78, 5) is 24.9. The van der Waals surface area contributed by atoms with Gasteiger partial charge in [-0.2, -0.15) is 0 Å². The molecule has 1 aliphatic heterocycles. The molecule has 4 nitrogen and oxygen atoms in total. The molecule has 0 spiro atoms. The summed E-state index contributed by atoms with van der Waals surface area (Å²) < 4.78 is 0. The summed E-state index contributed by atoms with van der Waals surface area (Å²) in [6.45, 7) is 3.17. The molecule has 2 rings (SSSR count). The first-order chi connectivity index (χ1) is 8.69. The normalized spacial score (nSPS) is 19.6. The minimum atomic E-state index is -0.266. The van der Waals surface area contributed by atoms with Crippen LogP contribution in [0.3, 0.4) is 0 Å². The number of nitrogens with one attached hydrogen (secondary N) is 1. The minimum Gasteiger partial charge on any atom is -0.356 e. The maximum atomic E-state index is 11.8. The number of benzene rings is 1. The third-order valence-electron chi connectivity index (χ3n) is 3.15. The Morgan fingerprint density at radius 2 is 2.33 bits per heavy atom. The Balaban J connectivity index is 2.46. The Labute approximate surface area is 111 Å². The Morgan fingerprint density at radius 3 is 3.00 bits per heavy atom. The van der Waals surface area contributed by atoms with Crippen molar-refractivity contribution in [3.05, 3.63) is 28.8 Å². The molecular formula is C13H15ClN2O2. The summed E-state index contributed by atoms with van der Waals surface area (Å²) in [6, 6.07) is 4.93. The topological polar surface area (TPSA) is 49.4 Å². The molecule has 1 N–H and O–H groups in total. The lowest BCUT2D eigenvalue weighted by atomic mass is 10.1. The Kier molecular flexibility index (Phi) is 3.87. The van der Waals surface area contributed by atoms with Gasteiger partial charge in [0.15, 0.2) is 6.29 Å². The lowest BCUT2D eigenvalue weighted by Crippen LogP contribution is -2.55. The van der Waals surface area contributed by atoms with Gasteiger partial charge in [-0.1, -0.05) is 24.6 Å². The summed E-state index contributed by atoms with van der Waals surface area (Å²) in [5.74, 6) is -0.0134. The van der Waals surface area contributed by atoms with Crippen LogP contribution in [0, 0.1) is 0 Å². The Morgan fingerprint density at radius 1 is 1.56 bits per heavy atom. The number of anilines is 1. The largest absolute Gasteiger partial charge is 0.356 e. The van der Waals surface area contributed by atoms with Gasteiger partial charge < -0.3 is 10.2 Å². The standard InChI is InChI=1S/C13H15ClN2O2/c1-2-11-13(18)15-6-7-16(11)12-9(8-17)4-3-5-10(12)14/h3-5,8,11H,2,6-7H2,1H3,(H,15,18). The van der Waals surface area contributed by atoms with Crippen LogP contribution in [0.25, 0.3) is 0 Å². The zero-order chi connectivity index (χ0) is 13.1. The van der Waals surface area contributed by atoms with E-state index < -0.39 is 0 Å². The number of amides is 1. The van der Waals surface area contributed by atoms with Crippen molar-refractivity contribution in [2.75, 3.05) is 18.0 Å². The number of piperazine rings is 1. The molecule has 0 saturated carbocycles. The van der Waals surface area contributed by atoms with Gasteiger partial charge in [-0.3, -0.25) is 9.59 Å². The Hall–Kier alpha value is -1.55. The zero-order valence-corrected chi connectivity index (χ0v) is 10.9. The van der Waals surface area contributed by atoms with E-state index in [9.17, 15) is 9.59 Å². The predicted octanol–water partition coefficient (Wildman–Crippen LogP) is 1.87. The van der Waals surface area contributed by atoms with Crippen LogP contribution < -0.4 is 10.2 Å². The first-order valence-corrected chi connectivity index (χ1v) is 6.35. The second-order valence-corrected chi connectivity index (χ2v) is 4.61. The van der Waals surface area contributed by atoms with Crippen molar-refractivity contribution < 1.29 is 9.59 Å². The molecule has 1 heterocycles. The van der Waals surface area contributed by atoms with Crippen LogP contribution in [-0.2, 0) is 4.79 Å². The smallest absolute Gasteiger partial charge is 0.242 e. The van der Waals surface area contributed by atoms with E-state index in [1.807, 2.05) is 11.8 Å². The molecule has 1 atom stereocenters. The first-order valence-electron chi connectivity index (χ1n) is 5.97. The fourth-order valence-electron chi connectivity index (χ4n) is 2.32. The third kappa shape index (κ3) is 2.20. The molecule has 1 aromatic carbocycles. The van der Waals surface area contributed by atoms with Crippen molar-refractivity contribution in [1.82, 2.24) is 5.32 Å². The predicted molar refractivity (Wildman–Crippen MR) is 71.3 cm³/mol. The van der Waals surface area contributed by atoms with Crippen LogP contribution in [-0.4, -0.2) is 31.3 Å². The summed E-state index contributed by atoms with van der Waals surface area (Å²) in [5, 5.41) is 3.33. The van der Waals surface area contributed by atoms with Crippen LogP contribution >= 0.6 is 11.6 Å². The molecule has 1 saturated heterocycles. The second kappa shape index (κ2) is 5.40. The van der Waals surface area contributed by atoms with Gasteiger partial charge in [0, 0.05) is 18.7 Å². The number of aldehydes is 1. The number of rotatable bonds is 3. The van der Waals surface area contributed by atoms with E-state index in [1.165, 1.54) is 0 Å². The summed E-state index contributed by atoms with van der Waals surface area (Å²) in [6.07, 6.45) is 1.45. The number of hydrogen-bond donors (Lipinski definition) is 1. The number of nitrogens with zero attached hydrogens (tertiary/aromatic N) is 1. The highest BCUT2D eigenvalue weighted by Gasteiger charge is 2.30. The molecule has 1 aromatic rings. The van der Waals surface area contributed by atoms with E-state index >= 15 is 0 Å². The van der Waals surface area contributed by atoms with E-state index in [-0.39, 0.29) is 11.9 Å². The number of hydrogen-bond acceptors (Lipinski definition) is 3. The Bertz CT molecular complexity index is 476. The fourth-order valence-corrected chi connectivity index (χ4v) is 2.61. The summed E-state index contributed by atoms with van der Waals surface area (Å²) in [5.41, 5.74) is 1.19. The van der Waals surface area contributed by atoms with Crippen molar-refractivity contribution in [1.29, 1.82) is 0 Å². The highest BCUT2D eigenvalue weighted by Crippen LogP contribution is 2.31. The summed E-state index contributed by atoms with van der Waals surface area (Å²) in [7, 11) is 0. The first kappa shape index (κ1) is 12.9. The monoisotopic (exact) mass is 266 g/mol. The number of carbonyl (C=O) groups excluding carboxylic acids is 2. The van der Waals surface area contributed by atoms with Gasteiger partial charge in [-0.15, -0.1) is 0 Å². The van der Waals surface area contributed by atoms with Crippen molar-refractivity contribution in [2.24, 2.45) is 0 Å². The summed E-state index contributed by atoms with van der Waals surface area (Å²) >= 11 is 6.18. The molecular weight excluding hydrogens is 252 g/mol. The van der Waals surface area contributed by atoms with Gasteiger partial charge in [0.2, 0.25) is 5.91 Å². The highest BCUT2D eigenvalue weighted by molar-refractivity contribution is 6.34. The van der Waals surface area contributed by atoms with Gasteiger partial charge in [0.25, 0.3) is 0 Å². The number of carbonyl (C=O) groups is 2. The lowest BCUT2D eigenvalue weighted by molar-refractivity contribution is -0.123. The van der Waals surface area contributed by atoms with Gasteiger partial charge in [0.05, 0.1) is 10.7 Å². The number of para-hydroxylation sites is 1. The zero-order valence-electron chi connectivity index (χ0n) is 10.1. The SMILES string of the molecule is CCC1C(=O)NCCN1c1c(Cl)cccc1C=O. The van der Waals surface area contributed by atoms with Gasteiger partial charge in [-0.05, 0) is 18.6 Å². The van der Waals surface area contributed by atoms with Crippen LogP contribution in [0.1, 0.15) is 23.7 Å². The average molecular weight is 267 g/mol. The average Bonchev–Trinajstić information content (AvgIpc) is 2.38. The van der Waals surface area contributed by atoms with E-state index in [0.29, 0.717) is 35.8 Å². The minimum absolute atomic E-state index is 0.0134. The van der Waals surface area contributed by atoms with Crippen molar-refractivity contribution in [2.45, 2.75) is 19.4 Å². The second-order valence-electron chi connectivity index (χ2n) is 4.20. The van der Waals surface area contributed by atoms with Gasteiger partial charge in [-0.25, -0.2) is 0 Å². The van der Waals surface area contributed by atoms with Crippen LogP contribution in [0.15, 0.2) is 18.2 Å². The van der Waals surface area contributed by atoms with Crippen LogP contribution in [0.2, 0.25) is 5.02 Å². The molecule has 1 amide bonds. The molecule has 1 fully saturated rings. The van der Waals surface area contributed by atoms with Crippen LogP contribution in [0.4, 0.5) is 5.69 Å². The molecule has 0 bridgehead atoms. The van der Waals surface area contributed by atoms with E-state index in [0.717, 1.165) is 6.29 Å². The molecule has 0 aliphatic carbocycles. The van der Waals surface area contributed by atoms with Crippen LogP contribution in [0.5, 0.6) is 0 Å². The van der Waals surface area contributed by atoms with E-state index in [1.54, 1.807) is 18.2 Å². The van der Waals surface area contributed by atoms with Gasteiger partial charge >= 0.3 is 0 Å². The molecule has 0 radical (unpaired) electrons. The maximum Gasteiger partial charge on any atom is 0.242 e. The quantitative estimate of drug-likeness (QED) is 0.850. The van der Waals surface area contributed by atoms with Gasteiger partial charge in [0.1, 0.15) is 6.04 Å². The highest BCUT2D eigenvalue weighted by atomic mass is 35.5. The maximum absolute atomic E-state index is 11.8. The molecule has 96 valence electrons. The third-order valence-corrected chi connectivity index (χ3v) is 3.45. The van der Waals surface area contributed by atoms with E-state index in [4.69, 9.17) is 11.6 Å². The molecule has 18 heavy (non-hydrogen) atoms. The molecule has 1 unspecified atom stereocenters. The molecule has 0 aromatic heterocycles. The van der Waals surface area contributed by atoms with Crippen molar-refractivity contribution >= 4 is 29.5 Å².